The maximum atomic E-state index is 13.4. The average Bonchev–Trinajstić information content (AvgIpc) is 2.31. The van der Waals surface area contributed by atoms with Gasteiger partial charge in [0.2, 0.25) is 5.88 Å². The van der Waals surface area contributed by atoms with Gasteiger partial charge in [0.05, 0.1) is 4.47 Å². The molecule has 92 valence electrons. The lowest BCUT2D eigenvalue weighted by molar-refractivity contribution is 0.0689. The maximum absolute atomic E-state index is 13.4. The fourth-order valence-corrected chi connectivity index (χ4v) is 1.58. The number of benzene rings is 1. The number of carbonyl (C=O) groups is 1. The van der Waals surface area contributed by atoms with Gasteiger partial charge in [-0.05, 0) is 28.1 Å². The standard InChI is InChI=1S/C11H6BrFN2O3/c12-6-4-14-5-15-10(6)18-8-3-1-2-7(13)9(8)11(16)17/h1-5H,(H,16,17). The second kappa shape index (κ2) is 5.09. The third-order valence-electron chi connectivity index (χ3n) is 2.03. The molecule has 1 aromatic heterocycles. The fraction of sp³-hybridized carbons (Fsp3) is 0. The van der Waals surface area contributed by atoms with Gasteiger partial charge >= 0.3 is 5.97 Å². The van der Waals surface area contributed by atoms with Gasteiger partial charge in [0, 0.05) is 6.20 Å². The van der Waals surface area contributed by atoms with Crippen LogP contribution in [0.25, 0.3) is 0 Å². The van der Waals surface area contributed by atoms with Crippen LogP contribution in [0.5, 0.6) is 11.6 Å². The molecule has 0 saturated carbocycles. The fourth-order valence-electron chi connectivity index (χ4n) is 1.28. The Kier molecular flexibility index (Phi) is 3.52. The van der Waals surface area contributed by atoms with E-state index >= 15 is 0 Å². The van der Waals surface area contributed by atoms with Gasteiger partial charge in [-0.3, -0.25) is 0 Å². The first-order chi connectivity index (χ1) is 8.59. The highest BCUT2D eigenvalue weighted by Gasteiger charge is 2.18. The third-order valence-corrected chi connectivity index (χ3v) is 2.57. The first-order valence-electron chi connectivity index (χ1n) is 4.74. The number of nitrogens with zero attached hydrogens (tertiary/aromatic N) is 2. The molecule has 0 amide bonds. The normalized spacial score (nSPS) is 10.1. The molecule has 0 spiro atoms. The zero-order chi connectivity index (χ0) is 13.1. The quantitative estimate of drug-likeness (QED) is 0.943. The number of carboxylic acids is 1. The molecule has 0 bridgehead atoms. The summed E-state index contributed by atoms with van der Waals surface area (Å²) in [6, 6.07) is 3.75. The van der Waals surface area contributed by atoms with E-state index in [1.807, 2.05) is 0 Å². The van der Waals surface area contributed by atoms with Crippen molar-refractivity contribution in [2.45, 2.75) is 0 Å². The smallest absolute Gasteiger partial charge is 0.342 e. The van der Waals surface area contributed by atoms with Crippen molar-refractivity contribution in [3.05, 3.63) is 46.6 Å². The van der Waals surface area contributed by atoms with Crippen molar-refractivity contribution >= 4 is 21.9 Å². The Morgan fingerprint density at radius 2 is 2.22 bits per heavy atom. The van der Waals surface area contributed by atoms with Crippen molar-refractivity contribution in [2.24, 2.45) is 0 Å². The highest BCUT2D eigenvalue weighted by Crippen LogP contribution is 2.29. The first-order valence-corrected chi connectivity index (χ1v) is 5.54. The lowest BCUT2D eigenvalue weighted by Gasteiger charge is -2.08. The minimum atomic E-state index is -1.41. The summed E-state index contributed by atoms with van der Waals surface area (Å²) < 4.78 is 19.1. The van der Waals surface area contributed by atoms with Gasteiger partial charge in [0.1, 0.15) is 23.5 Å². The molecule has 1 N–H and O–H groups in total. The molecular weight excluding hydrogens is 307 g/mol. The van der Waals surface area contributed by atoms with Crippen LogP contribution in [0.1, 0.15) is 10.4 Å². The number of aromatic nitrogens is 2. The van der Waals surface area contributed by atoms with Crippen LogP contribution in [0.15, 0.2) is 35.2 Å². The van der Waals surface area contributed by atoms with Gasteiger partial charge in [-0.2, -0.15) is 0 Å². The third kappa shape index (κ3) is 2.45. The molecule has 0 saturated heterocycles. The Bertz CT molecular complexity index is 607. The molecule has 0 aliphatic heterocycles. The van der Waals surface area contributed by atoms with Crippen LogP contribution in [0.3, 0.4) is 0 Å². The molecule has 0 aliphatic rings. The Morgan fingerprint density at radius 3 is 2.89 bits per heavy atom. The molecule has 2 rings (SSSR count). The lowest BCUT2D eigenvalue weighted by Crippen LogP contribution is -2.04. The summed E-state index contributed by atoms with van der Waals surface area (Å²) in [6.07, 6.45) is 2.67. The zero-order valence-corrected chi connectivity index (χ0v) is 10.4. The van der Waals surface area contributed by atoms with Gasteiger partial charge in [0.15, 0.2) is 0 Å². The van der Waals surface area contributed by atoms with E-state index in [0.717, 1.165) is 6.07 Å². The highest BCUT2D eigenvalue weighted by atomic mass is 79.9. The van der Waals surface area contributed by atoms with Gasteiger partial charge in [-0.1, -0.05) is 6.07 Å². The molecule has 0 unspecified atom stereocenters. The molecule has 0 fully saturated rings. The molecule has 18 heavy (non-hydrogen) atoms. The molecular formula is C11H6BrFN2O3. The van der Waals surface area contributed by atoms with Crippen LogP contribution in [-0.2, 0) is 0 Å². The van der Waals surface area contributed by atoms with E-state index in [1.165, 1.54) is 24.7 Å². The Balaban J connectivity index is 2.44. The molecule has 2 aromatic rings. The second-order valence-corrected chi connectivity index (χ2v) is 4.05. The topological polar surface area (TPSA) is 72.3 Å². The number of halogens is 2. The molecule has 0 radical (unpaired) electrons. The van der Waals surface area contributed by atoms with E-state index in [9.17, 15) is 9.18 Å². The second-order valence-electron chi connectivity index (χ2n) is 3.20. The molecule has 7 heteroatoms. The predicted octanol–water partition coefficient (Wildman–Crippen LogP) is 2.87. The Labute approximate surface area is 109 Å². The van der Waals surface area contributed by atoms with Crippen LogP contribution in [-0.4, -0.2) is 21.0 Å². The first kappa shape index (κ1) is 12.4. The summed E-state index contributed by atoms with van der Waals surface area (Å²) >= 11 is 3.14. The number of ether oxygens (including phenoxy) is 1. The van der Waals surface area contributed by atoms with Crippen LogP contribution < -0.4 is 4.74 Å². The number of hydrogen-bond donors (Lipinski definition) is 1. The number of rotatable bonds is 3. The summed E-state index contributed by atoms with van der Waals surface area (Å²) in [7, 11) is 0. The van der Waals surface area contributed by atoms with E-state index in [0.29, 0.717) is 4.47 Å². The summed E-state index contributed by atoms with van der Waals surface area (Å²) in [5.41, 5.74) is -0.539. The SMILES string of the molecule is O=C(O)c1c(F)cccc1Oc1ncncc1Br. The Hall–Kier alpha value is -2.02. The summed E-state index contributed by atoms with van der Waals surface area (Å²) in [5, 5.41) is 8.93. The lowest BCUT2D eigenvalue weighted by atomic mass is 10.2. The van der Waals surface area contributed by atoms with E-state index in [-0.39, 0.29) is 11.6 Å². The molecule has 5 nitrogen and oxygen atoms in total. The van der Waals surface area contributed by atoms with Gasteiger partial charge in [-0.25, -0.2) is 19.2 Å². The van der Waals surface area contributed by atoms with Gasteiger partial charge in [-0.15, -0.1) is 0 Å². The number of hydrogen-bond acceptors (Lipinski definition) is 4. The van der Waals surface area contributed by atoms with Crippen LogP contribution in [0.2, 0.25) is 0 Å². The van der Waals surface area contributed by atoms with Crippen molar-refractivity contribution in [3.63, 3.8) is 0 Å². The molecule has 0 atom stereocenters. The van der Waals surface area contributed by atoms with E-state index in [1.54, 1.807) is 0 Å². The Morgan fingerprint density at radius 1 is 1.44 bits per heavy atom. The highest BCUT2D eigenvalue weighted by molar-refractivity contribution is 9.10. The minimum absolute atomic E-state index is 0.109. The van der Waals surface area contributed by atoms with Crippen molar-refractivity contribution in [1.29, 1.82) is 0 Å². The summed E-state index contributed by atoms with van der Waals surface area (Å²) in [4.78, 5) is 18.5. The van der Waals surface area contributed by atoms with Crippen molar-refractivity contribution in [1.82, 2.24) is 9.97 Å². The van der Waals surface area contributed by atoms with Crippen LogP contribution in [0, 0.1) is 5.82 Å². The molecule has 0 aliphatic carbocycles. The largest absolute Gasteiger partial charge is 0.477 e. The number of aromatic carboxylic acids is 1. The molecule has 1 aromatic carbocycles. The average molecular weight is 313 g/mol. The van der Waals surface area contributed by atoms with E-state index in [4.69, 9.17) is 9.84 Å². The predicted molar refractivity (Wildman–Crippen MR) is 63.2 cm³/mol. The summed E-state index contributed by atoms with van der Waals surface area (Å²) in [5.74, 6) is -2.29. The zero-order valence-electron chi connectivity index (χ0n) is 8.80. The van der Waals surface area contributed by atoms with Crippen LogP contribution in [0.4, 0.5) is 4.39 Å². The maximum Gasteiger partial charge on any atom is 0.342 e. The summed E-state index contributed by atoms with van der Waals surface area (Å²) in [6.45, 7) is 0. The van der Waals surface area contributed by atoms with Crippen molar-refractivity contribution < 1.29 is 19.0 Å². The van der Waals surface area contributed by atoms with E-state index < -0.39 is 17.3 Å². The van der Waals surface area contributed by atoms with Gasteiger partial charge in [0.25, 0.3) is 0 Å². The van der Waals surface area contributed by atoms with Gasteiger partial charge < -0.3 is 9.84 Å². The molecule has 1 heterocycles. The van der Waals surface area contributed by atoms with Crippen LogP contribution >= 0.6 is 15.9 Å². The van der Waals surface area contributed by atoms with Crippen molar-refractivity contribution in [2.75, 3.05) is 0 Å². The van der Waals surface area contributed by atoms with E-state index in [2.05, 4.69) is 25.9 Å². The number of carboxylic acid groups (broad SMARTS) is 1. The monoisotopic (exact) mass is 312 g/mol. The van der Waals surface area contributed by atoms with Crippen molar-refractivity contribution in [3.8, 4) is 11.6 Å². The minimum Gasteiger partial charge on any atom is -0.477 e.